The maximum absolute atomic E-state index is 12.5. The van der Waals surface area contributed by atoms with Gasteiger partial charge in [-0.1, -0.05) is 12.1 Å². The van der Waals surface area contributed by atoms with Crippen molar-refractivity contribution in [1.82, 2.24) is 39.9 Å². The van der Waals surface area contributed by atoms with Crippen molar-refractivity contribution in [2.75, 3.05) is 31.5 Å². The minimum absolute atomic E-state index is 0.122. The van der Waals surface area contributed by atoms with Crippen LogP contribution in [0, 0.1) is 17.2 Å². The maximum atomic E-state index is 12.5. The zero-order valence-corrected chi connectivity index (χ0v) is 22.8. The molecule has 6 rings (SSSR count). The van der Waals surface area contributed by atoms with E-state index in [1.807, 2.05) is 12.3 Å². The van der Waals surface area contributed by atoms with E-state index < -0.39 is 24.3 Å². The van der Waals surface area contributed by atoms with Crippen molar-refractivity contribution in [3.8, 4) is 28.5 Å². The number of likely N-dealkylation sites (tertiary alicyclic amines) is 1. The van der Waals surface area contributed by atoms with Crippen molar-refractivity contribution >= 4 is 23.4 Å². The highest BCUT2D eigenvalue weighted by Crippen LogP contribution is 2.34. The smallest absolute Gasteiger partial charge is 0.338 e. The van der Waals surface area contributed by atoms with Crippen molar-refractivity contribution in [3.63, 3.8) is 0 Å². The molecule has 15 heteroatoms. The number of amides is 4. The molecule has 2 fully saturated rings. The Morgan fingerprint density at radius 3 is 2.58 bits per heavy atom. The van der Waals surface area contributed by atoms with Crippen LogP contribution < -0.4 is 16.0 Å². The number of benzene rings is 1. The third kappa shape index (κ3) is 6.08. The van der Waals surface area contributed by atoms with Gasteiger partial charge in [-0.15, -0.1) is 0 Å². The molecular weight excluding hydrogens is 565 g/mol. The van der Waals surface area contributed by atoms with E-state index in [1.54, 1.807) is 62.3 Å². The van der Waals surface area contributed by atoms with Gasteiger partial charge in [-0.25, -0.2) is 19.1 Å². The summed E-state index contributed by atoms with van der Waals surface area (Å²) in [5.41, 5.74) is 3.00. The van der Waals surface area contributed by atoms with Crippen molar-refractivity contribution in [2.24, 2.45) is 5.92 Å². The summed E-state index contributed by atoms with van der Waals surface area (Å²) >= 11 is 0. The van der Waals surface area contributed by atoms with Crippen LogP contribution in [0.4, 0.5) is 28.4 Å². The van der Waals surface area contributed by atoms with E-state index in [9.17, 15) is 28.0 Å². The molecule has 222 valence electrons. The SMILES string of the molecule is N#CCC1(n2cc(-c3cnn4c(-c5cccc(NC(=O)NCC(F)(F)F)c5)cnc4c3)cn2)CN(C(=O)NCC2CC2)C1. The van der Waals surface area contributed by atoms with Gasteiger partial charge in [0.15, 0.2) is 5.65 Å². The Hall–Kier alpha value is -5.13. The molecule has 1 aliphatic carbocycles. The molecule has 3 aromatic heterocycles. The van der Waals surface area contributed by atoms with Gasteiger partial charge in [0.2, 0.25) is 0 Å². The highest BCUT2D eigenvalue weighted by molar-refractivity contribution is 5.90. The van der Waals surface area contributed by atoms with Gasteiger partial charge < -0.3 is 20.9 Å². The molecule has 1 saturated heterocycles. The van der Waals surface area contributed by atoms with Gasteiger partial charge in [-0.2, -0.15) is 28.6 Å². The van der Waals surface area contributed by atoms with E-state index in [0.29, 0.717) is 48.1 Å². The number of hydrogen-bond acceptors (Lipinski definition) is 6. The van der Waals surface area contributed by atoms with Crippen LogP contribution in [-0.2, 0) is 5.54 Å². The summed E-state index contributed by atoms with van der Waals surface area (Å²) in [7, 11) is 0. The standard InChI is InChI=1S/C28H27F3N10O2/c29-28(30,31)15-35-25(42)38-22-3-1-2-19(8-22)23-13-33-24-9-20(11-37-41(23)24)21-12-36-40(14-21)27(6-7-32)16-39(17-27)26(43)34-10-18-4-5-18/h1-3,8-9,11-14,18H,4-6,10,15-17H2,(H,34,43)(H2,35,38,42). The lowest BCUT2D eigenvalue weighted by atomic mass is 9.87. The van der Waals surface area contributed by atoms with E-state index in [-0.39, 0.29) is 12.5 Å². The maximum Gasteiger partial charge on any atom is 0.405 e. The van der Waals surface area contributed by atoms with Crippen LogP contribution in [-0.4, -0.2) is 73.7 Å². The van der Waals surface area contributed by atoms with Crippen molar-refractivity contribution in [2.45, 2.75) is 31.0 Å². The lowest BCUT2D eigenvalue weighted by molar-refractivity contribution is -0.122. The molecule has 4 amide bonds. The Balaban J connectivity index is 1.16. The first-order valence-corrected chi connectivity index (χ1v) is 13.6. The van der Waals surface area contributed by atoms with Gasteiger partial charge in [0.1, 0.15) is 12.1 Å². The van der Waals surface area contributed by atoms with Crippen LogP contribution in [0.15, 0.2) is 55.1 Å². The molecule has 0 unspecified atom stereocenters. The van der Waals surface area contributed by atoms with Gasteiger partial charge in [0.25, 0.3) is 0 Å². The molecule has 4 aromatic rings. The number of hydrogen-bond donors (Lipinski definition) is 3. The molecule has 12 nitrogen and oxygen atoms in total. The number of anilines is 1. The van der Waals surface area contributed by atoms with Crippen molar-refractivity contribution < 1.29 is 22.8 Å². The van der Waals surface area contributed by atoms with Crippen LogP contribution in [0.25, 0.3) is 28.0 Å². The normalized spacial score (nSPS) is 15.9. The average molecular weight is 593 g/mol. The van der Waals surface area contributed by atoms with E-state index in [1.165, 1.54) is 0 Å². The molecule has 4 heterocycles. The number of urea groups is 2. The van der Waals surface area contributed by atoms with Crippen LogP contribution in [0.3, 0.4) is 0 Å². The first-order chi connectivity index (χ1) is 20.6. The first-order valence-electron chi connectivity index (χ1n) is 13.6. The van der Waals surface area contributed by atoms with Gasteiger partial charge in [-0.3, -0.25) is 4.68 Å². The third-order valence-electron chi connectivity index (χ3n) is 7.53. The summed E-state index contributed by atoms with van der Waals surface area (Å²) < 4.78 is 40.5. The number of imidazole rings is 1. The molecular formula is C28H27F3N10O2. The summed E-state index contributed by atoms with van der Waals surface area (Å²) in [5, 5.41) is 25.7. The lowest BCUT2D eigenvalue weighted by Gasteiger charge is -2.48. The van der Waals surface area contributed by atoms with Crippen LogP contribution in [0.1, 0.15) is 19.3 Å². The summed E-state index contributed by atoms with van der Waals surface area (Å²) in [6.07, 6.45) is 4.79. The summed E-state index contributed by atoms with van der Waals surface area (Å²) in [4.78, 5) is 30.5. The number of rotatable bonds is 8. The molecule has 43 heavy (non-hydrogen) atoms. The predicted octanol–water partition coefficient (Wildman–Crippen LogP) is 3.99. The Bertz CT molecular complexity index is 1710. The number of nitriles is 1. The van der Waals surface area contributed by atoms with E-state index in [4.69, 9.17) is 0 Å². The van der Waals surface area contributed by atoms with Crippen molar-refractivity contribution in [1.29, 1.82) is 5.26 Å². The lowest BCUT2D eigenvalue weighted by Crippen LogP contribution is -2.66. The molecule has 0 bridgehead atoms. The van der Waals surface area contributed by atoms with Crippen LogP contribution >= 0.6 is 0 Å². The number of carbonyl (C=O) groups is 2. The minimum atomic E-state index is -4.51. The number of alkyl halides is 3. The zero-order valence-electron chi connectivity index (χ0n) is 22.8. The number of nitrogens with zero attached hydrogens (tertiary/aromatic N) is 7. The van der Waals surface area contributed by atoms with Gasteiger partial charge in [0.05, 0.1) is 49.9 Å². The topological polar surface area (TPSA) is 145 Å². The molecule has 0 atom stereocenters. The largest absolute Gasteiger partial charge is 0.405 e. The summed E-state index contributed by atoms with van der Waals surface area (Å²) in [6, 6.07) is 9.57. The third-order valence-corrected chi connectivity index (χ3v) is 7.53. The van der Waals surface area contributed by atoms with Gasteiger partial charge in [-0.05, 0) is 37.0 Å². The van der Waals surface area contributed by atoms with Crippen LogP contribution in [0.2, 0.25) is 0 Å². The Labute approximate surface area is 243 Å². The molecule has 1 aliphatic heterocycles. The highest BCUT2D eigenvalue weighted by atomic mass is 19.4. The molecule has 1 aromatic carbocycles. The first kappa shape index (κ1) is 28.0. The Morgan fingerprint density at radius 1 is 1.05 bits per heavy atom. The number of carbonyl (C=O) groups excluding carboxylic acids is 2. The minimum Gasteiger partial charge on any atom is -0.338 e. The molecule has 0 spiro atoms. The average Bonchev–Trinajstić information content (AvgIpc) is 3.48. The number of aromatic nitrogens is 5. The predicted molar refractivity (Wildman–Crippen MR) is 149 cm³/mol. The molecule has 0 radical (unpaired) electrons. The molecule has 2 aliphatic rings. The summed E-state index contributed by atoms with van der Waals surface area (Å²) in [6.45, 7) is 0.0164. The van der Waals surface area contributed by atoms with E-state index in [0.717, 1.165) is 24.0 Å². The van der Waals surface area contributed by atoms with Crippen molar-refractivity contribution in [3.05, 3.63) is 55.1 Å². The van der Waals surface area contributed by atoms with Gasteiger partial charge >= 0.3 is 18.2 Å². The Morgan fingerprint density at radius 2 is 1.84 bits per heavy atom. The number of halogens is 3. The second kappa shape index (κ2) is 10.9. The fourth-order valence-corrected chi connectivity index (χ4v) is 5.03. The number of fused-ring (bicyclic) bond motifs is 1. The van der Waals surface area contributed by atoms with Crippen LogP contribution in [0.5, 0.6) is 0 Å². The molecule has 1 saturated carbocycles. The summed E-state index contributed by atoms with van der Waals surface area (Å²) in [5.74, 6) is 0.579. The van der Waals surface area contributed by atoms with Gasteiger partial charge in [0, 0.05) is 35.1 Å². The van der Waals surface area contributed by atoms with E-state index in [2.05, 4.69) is 31.9 Å². The monoisotopic (exact) mass is 592 g/mol. The van der Waals surface area contributed by atoms with E-state index >= 15 is 0 Å². The fraction of sp³-hybridized carbons (Fsp3) is 0.357. The quantitative estimate of drug-likeness (QED) is 0.282. The fourth-order valence-electron chi connectivity index (χ4n) is 5.03. The second-order valence-electron chi connectivity index (χ2n) is 10.9. The highest BCUT2D eigenvalue weighted by Gasteiger charge is 2.47. The zero-order chi connectivity index (χ0) is 30.2. The second-order valence-corrected chi connectivity index (χ2v) is 10.9. The number of nitrogens with one attached hydrogen (secondary N) is 3. The Kier molecular flexibility index (Phi) is 7.12. The molecule has 3 N–H and O–H groups in total.